The first-order chi connectivity index (χ1) is 8.79. The van der Waals surface area contributed by atoms with Crippen LogP contribution in [0.1, 0.15) is 6.42 Å². The van der Waals surface area contributed by atoms with Gasteiger partial charge in [-0.3, -0.25) is 10.1 Å². The van der Waals surface area contributed by atoms with Crippen LogP contribution < -0.4 is 10.0 Å². The molecule has 7 nitrogen and oxygen atoms in total. The van der Waals surface area contributed by atoms with Crippen molar-refractivity contribution in [3.05, 3.63) is 31.9 Å². The zero-order chi connectivity index (χ0) is 14.5. The molecule has 0 aliphatic rings. The van der Waals surface area contributed by atoms with Crippen molar-refractivity contribution in [3.8, 4) is 0 Å². The van der Waals surface area contributed by atoms with Crippen LogP contribution in [0, 0.1) is 13.7 Å². The van der Waals surface area contributed by atoms with Crippen LogP contribution in [-0.4, -0.2) is 32.7 Å². The Morgan fingerprint density at radius 1 is 1.37 bits per heavy atom. The van der Waals surface area contributed by atoms with Crippen LogP contribution in [0.25, 0.3) is 0 Å². The normalized spacial score (nSPS) is 11.3. The number of rotatable bonds is 7. The minimum Gasteiger partial charge on any atom is -0.384 e. The summed E-state index contributed by atoms with van der Waals surface area (Å²) in [5.41, 5.74) is 0.847. The lowest BCUT2D eigenvalue weighted by Crippen LogP contribution is -2.24. The van der Waals surface area contributed by atoms with E-state index in [-0.39, 0.29) is 5.69 Å². The van der Waals surface area contributed by atoms with Gasteiger partial charge in [0.2, 0.25) is 10.0 Å². The molecule has 1 aromatic rings. The zero-order valence-corrected chi connectivity index (χ0v) is 13.2. The van der Waals surface area contributed by atoms with E-state index in [1.807, 2.05) is 22.6 Å². The summed E-state index contributed by atoms with van der Waals surface area (Å²) in [5, 5.41) is 13.7. The first-order valence-corrected chi connectivity index (χ1v) is 8.39. The number of anilines is 1. The molecular weight excluding hydrogens is 385 g/mol. The molecule has 0 amide bonds. The number of hydrogen-bond donors (Lipinski definition) is 2. The number of nitrogens with one attached hydrogen (secondary N) is 2. The van der Waals surface area contributed by atoms with Gasteiger partial charge < -0.3 is 5.32 Å². The van der Waals surface area contributed by atoms with Crippen molar-refractivity contribution >= 4 is 44.0 Å². The minimum atomic E-state index is -3.15. The number of sulfonamides is 1. The molecule has 0 aliphatic carbocycles. The first kappa shape index (κ1) is 16.1. The Kier molecular flexibility index (Phi) is 5.94. The molecule has 0 fully saturated rings. The van der Waals surface area contributed by atoms with Crippen molar-refractivity contribution in [2.24, 2.45) is 0 Å². The van der Waals surface area contributed by atoms with Crippen LogP contribution in [0.2, 0.25) is 0 Å². The first-order valence-electron chi connectivity index (χ1n) is 5.42. The summed E-state index contributed by atoms with van der Waals surface area (Å²) in [6, 6.07) is 4.56. The Morgan fingerprint density at radius 3 is 2.58 bits per heavy atom. The number of nitro groups is 1. The van der Waals surface area contributed by atoms with E-state index in [9.17, 15) is 18.5 Å². The smallest absolute Gasteiger partial charge is 0.270 e. The second-order valence-electron chi connectivity index (χ2n) is 3.87. The molecule has 106 valence electrons. The van der Waals surface area contributed by atoms with E-state index in [1.54, 1.807) is 6.07 Å². The van der Waals surface area contributed by atoms with Gasteiger partial charge in [0.05, 0.1) is 11.2 Å². The van der Waals surface area contributed by atoms with Gasteiger partial charge in [-0.25, -0.2) is 13.1 Å². The molecule has 0 atom stereocenters. The van der Waals surface area contributed by atoms with Crippen LogP contribution >= 0.6 is 22.6 Å². The van der Waals surface area contributed by atoms with Crippen LogP contribution in [0.3, 0.4) is 0 Å². The number of halogens is 1. The third-order valence-corrected chi connectivity index (χ3v) is 3.82. The van der Waals surface area contributed by atoms with Gasteiger partial charge in [-0.1, -0.05) is 0 Å². The third kappa shape index (κ3) is 6.16. The summed E-state index contributed by atoms with van der Waals surface area (Å²) in [4.78, 5) is 10.1. The van der Waals surface area contributed by atoms with Crippen molar-refractivity contribution in [2.45, 2.75) is 6.42 Å². The Morgan fingerprint density at radius 2 is 2.05 bits per heavy atom. The van der Waals surface area contributed by atoms with Crippen LogP contribution in [0.15, 0.2) is 18.2 Å². The lowest BCUT2D eigenvalue weighted by atomic mass is 10.3. The topological polar surface area (TPSA) is 101 Å². The Labute approximate surface area is 125 Å². The fourth-order valence-electron chi connectivity index (χ4n) is 1.33. The highest BCUT2D eigenvalue weighted by Gasteiger charge is 2.08. The molecule has 2 N–H and O–H groups in total. The molecule has 0 aromatic heterocycles. The lowest BCUT2D eigenvalue weighted by Gasteiger charge is -2.08. The van der Waals surface area contributed by atoms with Crippen molar-refractivity contribution in [3.63, 3.8) is 0 Å². The van der Waals surface area contributed by atoms with Gasteiger partial charge in [0.25, 0.3) is 5.69 Å². The molecule has 0 saturated carbocycles. The molecule has 1 aromatic carbocycles. The number of nitro benzene ring substituents is 1. The highest BCUT2D eigenvalue weighted by atomic mass is 127. The Balaban J connectivity index is 2.44. The third-order valence-electron chi connectivity index (χ3n) is 2.20. The average molecular weight is 399 g/mol. The van der Waals surface area contributed by atoms with Crippen LogP contribution in [-0.2, 0) is 10.0 Å². The summed E-state index contributed by atoms with van der Waals surface area (Å²) in [5.74, 6) is 0. The predicted molar refractivity (Wildman–Crippen MR) is 81.8 cm³/mol. The van der Waals surface area contributed by atoms with Gasteiger partial charge >= 0.3 is 0 Å². The SMILES string of the molecule is CS(=O)(=O)NCCCNc1ccc([N+](=O)[O-])cc1I. The van der Waals surface area contributed by atoms with E-state index in [0.29, 0.717) is 19.5 Å². The Bertz CT molecular complexity index is 562. The maximum Gasteiger partial charge on any atom is 0.270 e. The quantitative estimate of drug-likeness (QED) is 0.314. The van der Waals surface area contributed by atoms with E-state index in [1.165, 1.54) is 12.1 Å². The van der Waals surface area contributed by atoms with E-state index >= 15 is 0 Å². The molecule has 0 heterocycles. The van der Waals surface area contributed by atoms with E-state index in [4.69, 9.17) is 0 Å². The summed E-state index contributed by atoms with van der Waals surface area (Å²) >= 11 is 2.01. The van der Waals surface area contributed by atoms with E-state index in [2.05, 4.69) is 10.0 Å². The average Bonchev–Trinajstić information content (AvgIpc) is 2.28. The van der Waals surface area contributed by atoms with Crippen LogP contribution in [0.5, 0.6) is 0 Å². The van der Waals surface area contributed by atoms with E-state index < -0.39 is 14.9 Å². The van der Waals surface area contributed by atoms with Gasteiger partial charge in [-0.15, -0.1) is 0 Å². The standard InChI is InChI=1S/C10H14IN3O4S/c1-19(17,18)13-6-2-5-12-10-4-3-8(14(15)16)7-9(10)11/h3-4,7,12-13H,2,5-6H2,1H3. The number of benzene rings is 1. The molecule has 0 aliphatic heterocycles. The van der Waals surface area contributed by atoms with Crippen LogP contribution in [0.4, 0.5) is 11.4 Å². The highest BCUT2D eigenvalue weighted by molar-refractivity contribution is 14.1. The molecule has 0 saturated heterocycles. The van der Waals surface area contributed by atoms with Crippen molar-refractivity contribution < 1.29 is 13.3 Å². The van der Waals surface area contributed by atoms with Gasteiger partial charge in [-0.05, 0) is 35.1 Å². The molecule has 1 rings (SSSR count). The van der Waals surface area contributed by atoms with Crippen molar-refractivity contribution in [1.29, 1.82) is 0 Å². The molecule has 9 heteroatoms. The van der Waals surface area contributed by atoms with Gasteiger partial charge in [-0.2, -0.15) is 0 Å². The minimum absolute atomic E-state index is 0.0497. The molecule has 0 spiro atoms. The predicted octanol–water partition coefficient (Wildman–Crippen LogP) is 1.55. The number of hydrogen-bond acceptors (Lipinski definition) is 5. The summed E-state index contributed by atoms with van der Waals surface area (Å²) in [6.07, 6.45) is 1.74. The molecule has 0 unspecified atom stereocenters. The fraction of sp³-hybridized carbons (Fsp3) is 0.400. The fourth-order valence-corrected chi connectivity index (χ4v) is 2.53. The maximum absolute atomic E-state index is 10.8. The zero-order valence-electron chi connectivity index (χ0n) is 10.2. The molecule has 0 radical (unpaired) electrons. The second-order valence-corrected chi connectivity index (χ2v) is 6.86. The molecular formula is C10H14IN3O4S. The molecule has 0 bridgehead atoms. The summed E-state index contributed by atoms with van der Waals surface area (Å²) < 4.78 is 24.8. The van der Waals surface area contributed by atoms with E-state index in [0.717, 1.165) is 15.5 Å². The monoisotopic (exact) mass is 399 g/mol. The summed E-state index contributed by atoms with van der Waals surface area (Å²) in [6.45, 7) is 0.936. The number of nitrogens with zero attached hydrogens (tertiary/aromatic N) is 1. The highest BCUT2D eigenvalue weighted by Crippen LogP contribution is 2.23. The maximum atomic E-state index is 10.8. The number of non-ortho nitro benzene ring substituents is 1. The van der Waals surface area contributed by atoms with Gasteiger partial charge in [0.15, 0.2) is 0 Å². The van der Waals surface area contributed by atoms with Crippen molar-refractivity contribution in [2.75, 3.05) is 24.7 Å². The Hall–Kier alpha value is -0.940. The van der Waals surface area contributed by atoms with Gasteiger partial charge in [0, 0.05) is 34.5 Å². The summed E-state index contributed by atoms with van der Waals surface area (Å²) in [7, 11) is -3.15. The molecule has 19 heavy (non-hydrogen) atoms. The second kappa shape index (κ2) is 7.01. The van der Waals surface area contributed by atoms with Crippen molar-refractivity contribution in [1.82, 2.24) is 4.72 Å². The van der Waals surface area contributed by atoms with Gasteiger partial charge in [0.1, 0.15) is 0 Å². The largest absolute Gasteiger partial charge is 0.384 e. The lowest BCUT2D eigenvalue weighted by molar-refractivity contribution is -0.384.